The summed E-state index contributed by atoms with van der Waals surface area (Å²) in [5.74, 6) is 0.888. The van der Waals surface area contributed by atoms with Crippen molar-refractivity contribution < 1.29 is 33.4 Å². The SMILES string of the molecule is COc1ccc(/C=N\OCC(=O)OCC(=O)N[C@@H](C)c2ccc3c(c2)OCO3)cc1. The lowest BCUT2D eigenvalue weighted by Crippen LogP contribution is -2.31. The summed E-state index contributed by atoms with van der Waals surface area (Å²) in [5, 5.41) is 6.44. The molecule has 1 heterocycles. The lowest BCUT2D eigenvalue weighted by molar-refractivity contribution is -0.153. The summed E-state index contributed by atoms with van der Waals surface area (Å²) in [5.41, 5.74) is 1.62. The number of ether oxygens (including phenoxy) is 4. The highest BCUT2D eigenvalue weighted by Gasteiger charge is 2.17. The number of hydrogen-bond acceptors (Lipinski definition) is 8. The second kappa shape index (κ2) is 10.1. The summed E-state index contributed by atoms with van der Waals surface area (Å²) in [6.45, 7) is 1.17. The molecule has 2 aromatic carbocycles. The maximum atomic E-state index is 12.0. The molecule has 30 heavy (non-hydrogen) atoms. The Bertz CT molecular complexity index is 912. The van der Waals surface area contributed by atoms with Gasteiger partial charge in [-0.15, -0.1) is 0 Å². The van der Waals surface area contributed by atoms with Crippen LogP contribution < -0.4 is 19.5 Å². The van der Waals surface area contributed by atoms with E-state index in [0.717, 1.165) is 16.9 Å². The molecule has 0 saturated carbocycles. The molecule has 0 spiro atoms. The summed E-state index contributed by atoms with van der Waals surface area (Å²) >= 11 is 0. The topological polar surface area (TPSA) is 105 Å². The summed E-state index contributed by atoms with van der Waals surface area (Å²) in [4.78, 5) is 28.6. The maximum Gasteiger partial charge on any atom is 0.347 e. The zero-order valence-corrected chi connectivity index (χ0v) is 16.6. The molecule has 1 aliphatic heterocycles. The van der Waals surface area contributed by atoms with Crippen molar-refractivity contribution in [2.75, 3.05) is 27.1 Å². The molecule has 9 nitrogen and oxygen atoms in total. The van der Waals surface area contributed by atoms with Gasteiger partial charge in [0.2, 0.25) is 13.4 Å². The van der Waals surface area contributed by atoms with Gasteiger partial charge in [0.15, 0.2) is 18.1 Å². The summed E-state index contributed by atoms with van der Waals surface area (Å²) in [7, 11) is 1.58. The van der Waals surface area contributed by atoms with Gasteiger partial charge in [-0.25, -0.2) is 4.79 Å². The normalized spacial score (nSPS) is 13.0. The molecule has 158 valence electrons. The number of carbonyl (C=O) groups is 2. The second-order valence-corrected chi connectivity index (χ2v) is 6.34. The van der Waals surface area contributed by atoms with Crippen LogP contribution in [0.2, 0.25) is 0 Å². The molecular weight excluding hydrogens is 392 g/mol. The minimum atomic E-state index is -0.701. The minimum Gasteiger partial charge on any atom is -0.497 e. The van der Waals surface area contributed by atoms with E-state index in [2.05, 4.69) is 10.5 Å². The van der Waals surface area contributed by atoms with E-state index in [1.54, 1.807) is 43.5 Å². The largest absolute Gasteiger partial charge is 0.497 e. The first-order chi connectivity index (χ1) is 14.5. The maximum absolute atomic E-state index is 12.0. The number of amides is 1. The van der Waals surface area contributed by atoms with Crippen molar-refractivity contribution in [2.45, 2.75) is 13.0 Å². The van der Waals surface area contributed by atoms with Crippen LogP contribution in [-0.2, 0) is 19.2 Å². The third-order valence-electron chi connectivity index (χ3n) is 4.21. The Hall–Kier alpha value is -3.75. The van der Waals surface area contributed by atoms with E-state index in [1.807, 2.05) is 13.0 Å². The van der Waals surface area contributed by atoms with Crippen LogP contribution in [0.15, 0.2) is 47.6 Å². The number of methoxy groups -OCH3 is 1. The number of oxime groups is 1. The highest BCUT2D eigenvalue weighted by molar-refractivity contribution is 5.81. The smallest absolute Gasteiger partial charge is 0.347 e. The highest BCUT2D eigenvalue weighted by Crippen LogP contribution is 2.34. The van der Waals surface area contributed by atoms with Crippen molar-refractivity contribution in [1.29, 1.82) is 0 Å². The fourth-order valence-electron chi connectivity index (χ4n) is 2.61. The van der Waals surface area contributed by atoms with Crippen LogP contribution in [0.4, 0.5) is 0 Å². The molecule has 0 unspecified atom stereocenters. The fourth-order valence-corrected chi connectivity index (χ4v) is 2.61. The quantitative estimate of drug-likeness (QED) is 0.381. The van der Waals surface area contributed by atoms with Gasteiger partial charge in [0.05, 0.1) is 19.4 Å². The van der Waals surface area contributed by atoms with E-state index in [1.165, 1.54) is 6.21 Å². The number of esters is 1. The molecule has 0 radical (unpaired) electrons. The van der Waals surface area contributed by atoms with Gasteiger partial charge in [0.1, 0.15) is 5.75 Å². The van der Waals surface area contributed by atoms with Gasteiger partial charge in [0.25, 0.3) is 5.91 Å². The van der Waals surface area contributed by atoms with Crippen LogP contribution in [0.3, 0.4) is 0 Å². The number of nitrogens with one attached hydrogen (secondary N) is 1. The van der Waals surface area contributed by atoms with Crippen molar-refractivity contribution in [2.24, 2.45) is 5.16 Å². The Balaban J connectivity index is 1.35. The molecule has 0 saturated heterocycles. The van der Waals surface area contributed by atoms with Gasteiger partial charge >= 0.3 is 5.97 Å². The zero-order valence-electron chi connectivity index (χ0n) is 16.6. The van der Waals surface area contributed by atoms with Crippen LogP contribution >= 0.6 is 0 Å². The van der Waals surface area contributed by atoms with Crippen molar-refractivity contribution in [3.63, 3.8) is 0 Å². The Morgan fingerprint density at radius 1 is 1.13 bits per heavy atom. The lowest BCUT2D eigenvalue weighted by atomic mass is 10.1. The number of rotatable bonds is 9. The Kier molecular flexibility index (Phi) is 7.09. The van der Waals surface area contributed by atoms with Gasteiger partial charge in [-0.05, 0) is 54.4 Å². The van der Waals surface area contributed by atoms with E-state index in [9.17, 15) is 9.59 Å². The van der Waals surface area contributed by atoms with E-state index in [0.29, 0.717) is 11.5 Å². The molecule has 0 bridgehead atoms. The molecule has 0 aromatic heterocycles. The van der Waals surface area contributed by atoms with Gasteiger partial charge < -0.3 is 29.1 Å². The third kappa shape index (κ3) is 5.87. The van der Waals surface area contributed by atoms with Crippen molar-refractivity contribution >= 4 is 18.1 Å². The predicted molar refractivity (Wildman–Crippen MR) is 107 cm³/mol. The summed E-state index contributed by atoms with van der Waals surface area (Å²) < 4.78 is 20.5. The van der Waals surface area contributed by atoms with Crippen molar-refractivity contribution in [1.82, 2.24) is 5.32 Å². The van der Waals surface area contributed by atoms with E-state index >= 15 is 0 Å². The molecule has 0 aliphatic carbocycles. The molecule has 1 atom stereocenters. The van der Waals surface area contributed by atoms with Gasteiger partial charge in [0, 0.05) is 0 Å². The Morgan fingerprint density at radius 2 is 1.90 bits per heavy atom. The predicted octanol–water partition coefficient (Wildman–Crippen LogP) is 2.20. The monoisotopic (exact) mass is 414 g/mol. The van der Waals surface area contributed by atoms with Gasteiger partial charge in [-0.3, -0.25) is 4.79 Å². The number of hydrogen-bond donors (Lipinski definition) is 1. The van der Waals surface area contributed by atoms with E-state index < -0.39 is 25.1 Å². The molecular formula is C21H22N2O7. The molecule has 3 rings (SSSR count). The van der Waals surface area contributed by atoms with Gasteiger partial charge in [-0.2, -0.15) is 0 Å². The first-order valence-electron chi connectivity index (χ1n) is 9.19. The third-order valence-corrected chi connectivity index (χ3v) is 4.21. The van der Waals surface area contributed by atoms with Gasteiger partial charge in [-0.1, -0.05) is 11.2 Å². The average Bonchev–Trinajstić information content (AvgIpc) is 3.23. The first-order valence-corrected chi connectivity index (χ1v) is 9.19. The highest BCUT2D eigenvalue weighted by atomic mass is 16.7. The Morgan fingerprint density at radius 3 is 2.67 bits per heavy atom. The number of fused-ring (bicyclic) bond motifs is 1. The first kappa shape index (κ1) is 21.0. The number of nitrogens with zero attached hydrogens (tertiary/aromatic N) is 1. The van der Waals surface area contributed by atoms with E-state index in [4.69, 9.17) is 23.8 Å². The van der Waals surface area contributed by atoms with Crippen LogP contribution in [0.5, 0.6) is 17.2 Å². The van der Waals surface area contributed by atoms with Crippen LogP contribution in [0, 0.1) is 0 Å². The van der Waals surface area contributed by atoms with E-state index in [-0.39, 0.29) is 12.8 Å². The molecule has 1 aliphatic rings. The summed E-state index contributed by atoms with van der Waals surface area (Å²) in [6.07, 6.45) is 1.45. The average molecular weight is 414 g/mol. The summed E-state index contributed by atoms with van der Waals surface area (Å²) in [6, 6.07) is 12.2. The van der Waals surface area contributed by atoms with Crippen molar-refractivity contribution in [3.8, 4) is 17.2 Å². The minimum absolute atomic E-state index is 0.182. The molecule has 9 heteroatoms. The van der Waals surface area contributed by atoms with Crippen LogP contribution in [0.25, 0.3) is 0 Å². The molecule has 1 N–H and O–H groups in total. The standard InChI is InChI=1S/C21H22N2O7/c1-14(16-5-8-18-19(9-16)29-13-28-18)23-20(24)11-27-21(25)12-30-22-10-15-3-6-17(26-2)7-4-15/h3-10,14H,11-13H2,1-2H3,(H,23,24)/b22-10-/t14-/m0/s1. The Labute approximate surface area is 173 Å². The van der Waals surface area contributed by atoms with Crippen LogP contribution in [0.1, 0.15) is 24.1 Å². The van der Waals surface area contributed by atoms with Crippen molar-refractivity contribution in [3.05, 3.63) is 53.6 Å². The number of benzene rings is 2. The zero-order chi connectivity index (χ0) is 21.3. The molecule has 2 aromatic rings. The molecule has 0 fully saturated rings. The second-order valence-electron chi connectivity index (χ2n) is 6.34. The fraction of sp³-hybridized carbons (Fsp3) is 0.286. The van der Waals surface area contributed by atoms with Crippen LogP contribution in [-0.4, -0.2) is 45.2 Å². The lowest BCUT2D eigenvalue weighted by Gasteiger charge is -2.14. The number of carbonyl (C=O) groups excluding carboxylic acids is 2. The molecule has 1 amide bonds.